The Morgan fingerprint density at radius 3 is 2.57 bits per heavy atom. The number of hydrogen-bond donors (Lipinski definition) is 1. The highest BCUT2D eigenvalue weighted by Crippen LogP contribution is 2.26. The highest BCUT2D eigenvalue weighted by Gasteiger charge is 2.23. The molecule has 2 aromatic rings. The maximum Gasteiger partial charge on any atom is 0.255 e. The number of carbonyl (C=O) groups is 1. The molecule has 1 aliphatic heterocycles. The summed E-state index contributed by atoms with van der Waals surface area (Å²) in [5.74, 6) is 0.634. The van der Waals surface area contributed by atoms with Crippen molar-refractivity contribution in [3.8, 4) is 5.75 Å². The number of hydrogen-bond acceptors (Lipinski definition) is 5. The third-order valence-electron chi connectivity index (χ3n) is 5.10. The van der Waals surface area contributed by atoms with Crippen LogP contribution in [-0.4, -0.2) is 51.7 Å². The topological polar surface area (TPSA) is 75.7 Å². The Labute approximate surface area is 183 Å². The number of benzene rings is 2. The first-order valence-electron chi connectivity index (χ1n) is 10.1. The fourth-order valence-corrected chi connectivity index (χ4v) is 5.04. The Hall–Kier alpha value is -2.03. The van der Waals surface area contributed by atoms with Crippen LogP contribution in [0.4, 0.5) is 0 Å². The molecule has 3 rings (SSSR count). The summed E-state index contributed by atoms with van der Waals surface area (Å²) in [5.41, 5.74) is 1.44. The lowest BCUT2D eigenvalue weighted by atomic mass is 10.1. The summed E-state index contributed by atoms with van der Waals surface area (Å²) in [6.07, 6.45) is 4.99. The van der Waals surface area contributed by atoms with Gasteiger partial charge in [-0.05, 0) is 62.3 Å². The SMILES string of the molecule is CSc1ccc(S(=O)(=O)NCCOc2ccccc2C)cc1C(=O)N1CCCCC1. The molecule has 1 aliphatic rings. The molecule has 1 amide bonds. The van der Waals surface area contributed by atoms with Gasteiger partial charge in [-0.2, -0.15) is 0 Å². The normalized spacial score (nSPS) is 14.5. The average Bonchev–Trinajstić information content (AvgIpc) is 2.77. The molecule has 0 saturated carbocycles. The first kappa shape index (κ1) is 22.7. The lowest BCUT2D eigenvalue weighted by Gasteiger charge is -2.27. The van der Waals surface area contributed by atoms with Gasteiger partial charge in [0.25, 0.3) is 5.91 Å². The number of thioether (sulfide) groups is 1. The Kier molecular flexibility index (Phi) is 7.80. The molecule has 2 aromatic carbocycles. The number of carbonyl (C=O) groups excluding carboxylic acids is 1. The van der Waals surface area contributed by atoms with Crippen molar-refractivity contribution in [2.75, 3.05) is 32.5 Å². The number of rotatable bonds is 8. The van der Waals surface area contributed by atoms with Crippen LogP contribution >= 0.6 is 11.8 Å². The molecule has 8 heteroatoms. The fourth-order valence-electron chi connectivity index (χ4n) is 3.43. The number of nitrogens with one attached hydrogen (secondary N) is 1. The van der Waals surface area contributed by atoms with E-state index in [4.69, 9.17) is 4.74 Å². The van der Waals surface area contributed by atoms with Crippen LogP contribution in [0, 0.1) is 6.92 Å². The van der Waals surface area contributed by atoms with Gasteiger partial charge in [0.2, 0.25) is 10.0 Å². The summed E-state index contributed by atoms with van der Waals surface area (Å²) in [5, 5.41) is 0. The molecule has 0 aromatic heterocycles. The Morgan fingerprint density at radius 2 is 1.87 bits per heavy atom. The number of likely N-dealkylation sites (tertiary alicyclic amines) is 1. The number of ether oxygens (including phenoxy) is 1. The quantitative estimate of drug-likeness (QED) is 0.492. The van der Waals surface area contributed by atoms with E-state index in [1.165, 1.54) is 17.8 Å². The van der Waals surface area contributed by atoms with Gasteiger partial charge in [-0.25, -0.2) is 13.1 Å². The predicted octanol–water partition coefficient (Wildman–Crippen LogP) is 3.70. The highest BCUT2D eigenvalue weighted by atomic mass is 32.2. The first-order valence-corrected chi connectivity index (χ1v) is 12.8. The van der Waals surface area contributed by atoms with Crippen molar-refractivity contribution in [1.82, 2.24) is 9.62 Å². The lowest BCUT2D eigenvalue weighted by Crippen LogP contribution is -2.36. The van der Waals surface area contributed by atoms with Crippen LogP contribution in [0.5, 0.6) is 5.75 Å². The second-order valence-electron chi connectivity index (χ2n) is 7.23. The van der Waals surface area contributed by atoms with E-state index in [0.717, 1.165) is 48.6 Å². The van der Waals surface area contributed by atoms with Crippen LogP contribution in [0.2, 0.25) is 0 Å². The number of nitrogens with zero attached hydrogens (tertiary/aromatic N) is 1. The van der Waals surface area contributed by atoms with E-state index in [0.29, 0.717) is 5.56 Å². The van der Waals surface area contributed by atoms with Crippen LogP contribution in [0.15, 0.2) is 52.3 Å². The molecular formula is C22H28N2O4S2. The minimum absolute atomic E-state index is 0.0940. The van der Waals surface area contributed by atoms with Crippen molar-refractivity contribution in [2.45, 2.75) is 36.0 Å². The lowest BCUT2D eigenvalue weighted by molar-refractivity contribution is 0.0720. The monoisotopic (exact) mass is 448 g/mol. The van der Waals surface area contributed by atoms with Gasteiger partial charge >= 0.3 is 0 Å². The molecule has 0 unspecified atom stereocenters. The van der Waals surface area contributed by atoms with Gasteiger partial charge in [0.15, 0.2) is 0 Å². The van der Waals surface area contributed by atoms with Gasteiger partial charge in [-0.1, -0.05) is 18.2 Å². The predicted molar refractivity (Wildman–Crippen MR) is 120 cm³/mol. The average molecular weight is 449 g/mol. The maximum atomic E-state index is 13.0. The number of piperidine rings is 1. The molecular weight excluding hydrogens is 420 g/mol. The molecule has 0 aliphatic carbocycles. The fraction of sp³-hybridized carbons (Fsp3) is 0.409. The number of aryl methyl sites for hydroxylation is 1. The third kappa shape index (κ3) is 5.56. The molecule has 6 nitrogen and oxygen atoms in total. The van der Waals surface area contributed by atoms with Crippen molar-refractivity contribution >= 4 is 27.7 Å². The summed E-state index contributed by atoms with van der Waals surface area (Å²) < 4.78 is 33.7. The summed E-state index contributed by atoms with van der Waals surface area (Å²) in [4.78, 5) is 15.7. The van der Waals surface area contributed by atoms with Gasteiger partial charge in [-0.3, -0.25) is 4.79 Å². The van der Waals surface area contributed by atoms with E-state index in [1.54, 1.807) is 12.1 Å². The smallest absolute Gasteiger partial charge is 0.255 e. The molecule has 1 fully saturated rings. The second kappa shape index (κ2) is 10.3. The minimum Gasteiger partial charge on any atom is -0.492 e. The molecule has 0 bridgehead atoms. The number of sulfonamides is 1. The molecule has 162 valence electrons. The van der Waals surface area contributed by atoms with E-state index < -0.39 is 10.0 Å². The Balaban J connectivity index is 1.69. The van der Waals surface area contributed by atoms with Crippen molar-refractivity contribution < 1.29 is 17.9 Å². The molecule has 1 N–H and O–H groups in total. The van der Waals surface area contributed by atoms with Gasteiger partial charge < -0.3 is 9.64 Å². The van der Waals surface area contributed by atoms with Crippen molar-refractivity contribution in [3.63, 3.8) is 0 Å². The van der Waals surface area contributed by atoms with E-state index >= 15 is 0 Å². The molecule has 30 heavy (non-hydrogen) atoms. The van der Waals surface area contributed by atoms with Gasteiger partial charge in [0.05, 0.1) is 10.5 Å². The van der Waals surface area contributed by atoms with Crippen LogP contribution in [-0.2, 0) is 10.0 Å². The summed E-state index contributed by atoms with van der Waals surface area (Å²) in [7, 11) is -3.75. The van der Waals surface area contributed by atoms with Crippen LogP contribution < -0.4 is 9.46 Å². The highest BCUT2D eigenvalue weighted by molar-refractivity contribution is 7.98. The van der Waals surface area contributed by atoms with E-state index in [1.807, 2.05) is 42.3 Å². The number of para-hydroxylation sites is 1. The van der Waals surface area contributed by atoms with Crippen molar-refractivity contribution in [1.29, 1.82) is 0 Å². The molecule has 0 spiro atoms. The minimum atomic E-state index is -3.75. The molecule has 0 atom stereocenters. The van der Waals surface area contributed by atoms with Crippen LogP contribution in [0.3, 0.4) is 0 Å². The van der Waals surface area contributed by atoms with Crippen molar-refractivity contribution in [3.05, 3.63) is 53.6 Å². The summed E-state index contributed by atoms with van der Waals surface area (Å²) >= 11 is 1.44. The number of amides is 1. The van der Waals surface area contributed by atoms with E-state index in [-0.39, 0.29) is 24.0 Å². The van der Waals surface area contributed by atoms with Crippen LogP contribution in [0.1, 0.15) is 35.2 Å². The zero-order valence-electron chi connectivity index (χ0n) is 17.4. The van der Waals surface area contributed by atoms with Crippen LogP contribution in [0.25, 0.3) is 0 Å². The summed E-state index contributed by atoms with van der Waals surface area (Å²) in [6.45, 7) is 3.73. The molecule has 0 radical (unpaired) electrons. The van der Waals surface area contributed by atoms with E-state index in [9.17, 15) is 13.2 Å². The zero-order valence-corrected chi connectivity index (χ0v) is 19.0. The van der Waals surface area contributed by atoms with E-state index in [2.05, 4.69) is 4.72 Å². The van der Waals surface area contributed by atoms with Crippen molar-refractivity contribution in [2.24, 2.45) is 0 Å². The summed E-state index contributed by atoms with van der Waals surface area (Å²) in [6, 6.07) is 12.3. The Morgan fingerprint density at radius 1 is 1.13 bits per heavy atom. The first-order chi connectivity index (χ1) is 14.4. The zero-order chi connectivity index (χ0) is 21.6. The third-order valence-corrected chi connectivity index (χ3v) is 7.35. The standard InChI is InChI=1S/C22H28N2O4S2/c1-17-8-4-5-9-20(17)28-15-12-23-30(26,27)18-10-11-21(29-2)19(16-18)22(25)24-13-6-3-7-14-24/h4-5,8-11,16,23H,3,6-7,12-15H2,1-2H3. The Bertz CT molecular complexity index is 986. The molecule has 1 heterocycles. The molecule has 1 saturated heterocycles. The second-order valence-corrected chi connectivity index (χ2v) is 9.84. The van der Waals surface area contributed by atoms with Gasteiger partial charge in [0, 0.05) is 24.5 Å². The van der Waals surface area contributed by atoms with Gasteiger partial charge in [0.1, 0.15) is 12.4 Å². The largest absolute Gasteiger partial charge is 0.492 e. The van der Waals surface area contributed by atoms with Gasteiger partial charge in [-0.15, -0.1) is 11.8 Å². The maximum absolute atomic E-state index is 13.0.